The third-order valence-corrected chi connectivity index (χ3v) is 12.2. The van der Waals surface area contributed by atoms with Gasteiger partial charge in [-0.1, -0.05) is 116 Å². The predicted molar refractivity (Wildman–Crippen MR) is 254 cm³/mol. The van der Waals surface area contributed by atoms with Gasteiger partial charge in [0.05, 0.1) is 32.8 Å². The first-order valence-corrected chi connectivity index (χ1v) is 26.5. The molecule has 9 nitrogen and oxygen atoms in total. The molecule has 0 aromatic carbocycles. The molecule has 0 rings (SSSR count). The number of hydrogen-bond acceptors (Lipinski definition) is 9. The summed E-state index contributed by atoms with van der Waals surface area (Å²) < 4.78 is 34.9. The highest BCUT2D eigenvalue weighted by molar-refractivity contribution is 7.47. The van der Waals surface area contributed by atoms with Crippen LogP contribution in [0.3, 0.4) is 0 Å². The Morgan fingerprint density at radius 2 is 0.933 bits per heavy atom. The summed E-state index contributed by atoms with van der Waals surface area (Å²) in [4.78, 5) is 27.4. The van der Waals surface area contributed by atoms with Gasteiger partial charge < -0.3 is 32.9 Å². The zero-order valence-electron chi connectivity index (χ0n) is 39.9. The molecule has 354 valence electrons. The second-order valence-electron chi connectivity index (χ2n) is 16.0. The third-order valence-electron chi connectivity index (χ3n) is 10.4. The van der Waals surface area contributed by atoms with Crippen molar-refractivity contribution in [2.24, 2.45) is 0 Å². The van der Waals surface area contributed by atoms with Crippen LogP contribution < -0.4 is 0 Å². The van der Waals surface area contributed by atoms with Crippen LogP contribution in [-0.2, 0) is 37.6 Å². The topological polar surface area (TPSA) is 92.8 Å². The summed E-state index contributed by atoms with van der Waals surface area (Å²) in [5.41, 5.74) is 0. The molecule has 0 aliphatic rings. The number of ether oxygens (including phenoxy) is 4. The number of esters is 2. The zero-order valence-corrected chi connectivity index (χ0v) is 40.8. The predicted octanol–water partition coefficient (Wildman–Crippen LogP) is 14.2. The van der Waals surface area contributed by atoms with Gasteiger partial charge in [0.2, 0.25) is 0 Å². The molecule has 0 aliphatic carbocycles. The summed E-state index contributed by atoms with van der Waals surface area (Å²) in [6.07, 6.45) is 38.8. The van der Waals surface area contributed by atoms with Crippen molar-refractivity contribution in [3.8, 4) is 0 Å². The lowest BCUT2D eigenvalue weighted by Crippen LogP contribution is -2.28. The van der Waals surface area contributed by atoms with Crippen molar-refractivity contribution < 1.29 is 37.6 Å². The fourth-order valence-corrected chi connectivity index (χ4v) is 8.20. The average Bonchev–Trinajstić information content (AvgIpc) is 3.24. The molecule has 0 heterocycles. The number of unbranched alkanes of at least 4 members (excludes halogenated alkanes) is 17. The molecule has 0 fully saturated rings. The second-order valence-corrected chi connectivity index (χ2v) is 17.7. The highest BCUT2D eigenvalue weighted by Crippen LogP contribution is 2.38. The number of rotatable bonds is 48. The van der Waals surface area contributed by atoms with Crippen LogP contribution in [0.15, 0.2) is 24.3 Å². The van der Waals surface area contributed by atoms with Gasteiger partial charge in [-0.3, -0.25) is 9.59 Å². The summed E-state index contributed by atoms with van der Waals surface area (Å²) in [5.74, 6) is -0.191. The lowest BCUT2D eigenvalue weighted by molar-refractivity contribution is -0.159. The summed E-state index contributed by atoms with van der Waals surface area (Å²) in [6.45, 7) is 17.6. The van der Waals surface area contributed by atoms with E-state index in [1.165, 1.54) is 44.9 Å². The minimum absolute atomic E-state index is 0.0293. The number of hydrogen-bond donors (Lipinski definition) is 0. The quantitative estimate of drug-likeness (QED) is 0.0195. The van der Waals surface area contributed by atoms with Gasteiger partial charge in [0.25, 0.3) is 0 Å². The molecule has 0 aromatic heterocycles. The molecule has 10 heteroatoms. The van der Waals surface area contributed by atoms with Crippen LogP contribution in [0, 0.1) is 0 Å². The Labute approximate surface area is 372 Å². The van der Waals surface area contributed by atoms with E-state index in [0.29, 0.717) is 58.9 Å². The van der Waals surface area contributed by atoms with Gasteiger partial charge in [-0.05, 0) is 123 Å². The van der Waals surface area contributed by atoms with E-state index in [0.717, 1.165) is 141 Å². The Balaban J connectivity index is 4.45. The van der Waals surface area contributed by atoms with Gasteiger partial charge in [0.1, 0.15) is 0 Å². The van der Waals surface area contributed by atoms with E-state index in [4.69, 9.17) is 28.0 Å². The molecule has 0 N–H and O–H groups in total. The van der Waals surface area contributed by atoms with E-state index in [2.05, 4.69) is 50.0 Å². The maximum absolute atomic E-state index is 12.6. The summed E-state index contributed by atoms with van der Waals surface area (Å²) >= 11 is 0. The molecule has 0 atom stereocenters. The van der Waals surface area contributed by atoms with Crippen molar-refractivity contribution in [1.82, 2.24) is 4.90 Å². The highest BCUT2D eigenvalue weighted by Gasteiger charge is 2.14. The number of carbonyl (C=O) groups is 2. The molecule has 0 saturated carbocycles. The van der Waals surface area contributed by atoms with E-state index >= 15 is 0 Å². The SMILES string of the molecule is CC/C=C\CCCCOC(CCC(=O)OCCCCCCN(CCCCCCCC(=O)OCCCCCCCCC)CCCP(OCC)OCC)OCCCC/C=C\CC. The first kappa shape index (κ1) is 58.6. The van der Waals surface area contributed by atoms with Crippen LogP contribution in [0.1, 0.15) is 214 Å². The Morgan fingerprint density at radius 3 is 1.45 bits per heavy atom. The van der Waals surface area contributed by atoms with Gasteiger partial charge in [-0.25, -0.2) is 0 Å². The molecule has 0 aliphatic heterocycles. The third kappa shape index (κ3) is 43.3. The molecule has 0 unspecified atom stereocenters. The number of nitrogens with zero attached hydrogens (tertiary/aromatic N) is 1. The molecular formula is C50H96NO8P. The lowest BCUT2D eigenvalue weighted by Gasteiger charge is -2.23. The smallest absolute Gasteiger partial charge is 0.305 e. The molecule has 0 radical (unpaired) electrons. The number of allylic oxidation sites excluding steroid dienone is 4. The van der Waals surface area contributed by atoms with Crippen LogP contribution in [-0.4, -0.2) is 88.6 Å². The van der Waals surface area contributed by atoms with Crippen LogP contribution in [0.5, 0.6) is 0 Å². The Hall–Kier alpha value is -1.35. The van der Waals surface area contributed by atoms with Crippen LogP contribution in [0.4, 0.5) is 0 Å². The zero-order chi connectivity index (χ0) is 43.8. The van der Waals surface area contributed by atoms with Crippen LogP contribution >= 0.6 is 8.38 Å². The van der Waals surface area contributed by atoms with Gasteiger partial charge in [0.15, 0.2) is 14.7 Å². The van der Waals surface area contributed by atoms with E-state index in [1.54, 1.807) is 0 Å². The van der Waals surface area contributed by atoms with Gasteiger partial charge in [-0.15, -0.1) is 0 Å². The van der Waals surface area contributed by atoms with Crippen molar-refractivity contribution in [2.75, 3.05) is 65.4 Å². The van der Waals surface area contributed by atoms with Gasteiger partial charge in [-0.2, -0.15) is 0 Å². The van der Waals surface area contributed by atoms with Crippen molar-refractivity contribution in [2.45, 2.75) is 221 Å². The maximum Gasteiger partial charge on any atom is 0.305 e. The standard InChI is InChI=1S/C50H96NO8P/c1-6-11-14-17-20-27-32-43-54-48(52)37-29-22-21-23-30-40-51(42-36-47-60(58-9-4)59-10-5)41-31-24-28-33-44-55-49(53)38-39-50(56-45-34-25-18-15-12-7-2)57-46-35-26-19-16-13-8-3/h12-13,15-16,50H,6-11,14,17-47H2,1-5H3/b15-12-,16-13-. The second kappa shape index (κ2) is 48.7. The van der Waals surface area contributed by atoms with E-state index in [1.807, 2.05) is 13.8 Å². The van der Waals surface area contributed by atoms with E-state index in [-0.39, 0.29) is 18.2 Å². The summed E-state index contributed by atoms with van der Waals surface area (Å²) in [5, 5.41) is 0. The summed E-state index contributed by atoms with van der Waals surface area (Å²) in [6, 6.07) is 0. The normalized spacial score (nSPS) is 12.0. The molecule has 0 amide bonds. The van der Waals surface area contributed by atoms with Crippen molar-refractivity contribution in [1.29, 1.82) is 0 Å². The Bertz CT molecular complexity index is 937. The van der Waals surface area contributed by atoms with Gasteiger partial charge in [0, 0.05) is 32.2 Å². The van der Waals surface area contributed by atoms with Crippen LogP contribution in [0.25, 0.3) is 0 Å². The number of carbonyl (C=O) groups excluding carboxylic acids is 2. The lowest BCUT2D eigenvalue weighted by atomic mass is 10.1. The average molecular weight is 870 g/mol. The molecule has 0 bridgehead atoms. The largest absolute Gasteiger partial charge is 0.466 e. The minimum atomic E-state index is -0.802. The van der Waals surface area contributed by atoms with Gasteiger partial charge >= 0.3 is 11.9 Å². The van der Waals surface area contributed by atoms with Crippen molar-refractivity contribution in [3.63, 3.8) is 0 Å². The Kier molecular flexibility index (Phi) is 47.6. The minimum Gasteiger partial charge on any atom is -0.466 e. The fourth-order valence-electron chi connectivity index (χ4n) is 6.89. The highest BCUT2D eigenvalue weighted by atomic mass is 31.2. The van der Waals surface area contributed by atoms with E-state index in [9.17, 15) is 9.59 Å². The molecule has 0 spiro atoms. The first-order chi connectivity index (χ1) is 29.5. The van der Waals surface area contributed by atoms with Crippen molar-refractivity contribution in [3.05, 3.63) is 24.3 Å². The maximum atomic E-state index is 12.6. The van der Waals surface area contributed by atoms with Crippen LogP contribution in [0.2, 0.25) is 0 Å². The summed E-state index contributed by atoms with van der Waals surface area (Å²) in [7, 11) is -0.802. The molecule has 60 heavy (non-hydrogen) atoms. The Morgan fingerprint density at radius 1 is 0.483 bits per heavy atom. The van der Waals surface area contributed by atoms with E-state index < -0.39 is 8.38 Å². The first-order valence-electron chi connectivity index (χ1n) is 25.1. The molecule has 0 saturated heterocycles. The molecule has 0 aromatic rings. The molecular weight excluding hydrogens is 774 g/mol. The fraction of sp³-hybridized carbons (Fsp3) is 0.880. The van der Waals surface area contributed by atoms with Crippen molar-refractivity contribution >= 4 is 20.3 Å². The monoisotopic (exact) mass is 870 g/mol.